The van der Waals surface area contributed by atoms with Crippen molar-refractivity contribution in [2.45, 2.75) is 26.2 Å². The van der Waals surface area contributed by atoms with Crippen LogP contribution in [-0.2, 0) is 4.79 Å². The van der Waals surface area contributed by atoms with Gasteiger partial charge in [-0.15, -0.1) is 0 Å². The van der Waals surface area contributed by atoms with Gasteiger partial charge < -0.3 is 5.32 Å². The van der Waals surface area contributed by atoms with Gasteiger partial charge in [0.05, 0.1) is 5.92 Å². The highest BCUT2D eigenvalue weighted by Gasteiger charge is 2.18. The average molecular weight is 379 g/mol. The van der Waals surface area contributed by atoms with E-state index in [1.54, 1.807) is 0 Å². The van der Waals surface area contributed by atoms with Gasteiger partial charge in [0, 0.05) is 9.26 Å². The number of carbonyl (C=O) groups excluding carboxylic acids is 1. The fourth-order valence-corrected chi connectivity index (χ4v) is 2.89. The van der Waals surface area contributed by atoms with Crippen molar-refractivity contribution in [2.75, 3.05) is 5.32 Å². The van der Waals surface area contributed by atoms with E-state index >= 15 is 0 Å². The number of benzene rings is 2. The normalized spacial score (nSPS) is 11.9. The summed E-state index contributed by atoms with van der Waals surface area (Å²) in [5, 5.41) is 3.04. The lowest BCUT2D eigenvalue weighted by molar-refractivity contribution is -0.117. The second kappa shape index (κ2) is 6.88. The highest BCUT2D eigenvalue weighted by Crippen LogP contribution is 2.23. The fourth-order valence-electron chi connectivity index (χ4n) is 2.24. The number of aryl methyl sites for hydroxylation is 1. The second-order valence-corrected chi connectivity index (χ2v) is 6.07. The number of rotatable bonds is 4. The Bertz CT molecular complexity index is 595. The molecule has 0 heterocycles. The molecule has 20 heavy (non-hydrogen) atoms. The molecule has 2 aromatic carbocycles. The van der Waals surface area contributed by atoms with Gasteiger partial charge >= 0.3 is 0 Å². The Labute approximate surface area is 133 Å². The van der Waals surface area contributed by atoms with Crippen LogP contribution >= 0.6 is 22.6 Å². The van der Waals surface area contributed by atoms with Gasteiger partial charge in [-0.1, -0.05) is 37.3 Å². The van der Waals surface area contributed by atoms with Gasteiger partial charge in [-0.05, 0) is 65.3 Å². The number of hydrogen-bond acceptors (Lipinski definition) is 1. The molecule has 2 aromatic rings. The summed E-state index contributed by atoms with van der Waals surface area (Å²) in [7, 11) is 0. The second-order valence-electron chi connectivity index (χ2n) is 4.82. The van der Waals surface area contributed by atoms with Crippen molar-refractivity contribution >= 4 is 34.2 Å². The van der Waals surface area contributed by atoms with E-state index in [0.29, 0.717) is 0 Å². The van der Waals surface area contributed by atoms with Crippen LogP contribution in [0.2, 0.25) is 0 Å². The largest absolute Gasteiger partial charge is 0.325 e. The maximum absolute atomic E-state index is 12.5. The van der Waals surface area contributed by atoms with E-state index in [-0.39, 0.29) is 11.8 Å². The first-order valence-electron chi connectivity index (χ1n) is 6.73. The molecule has 0 saturated carbocycles. The van der Waals surface area contributed by atoms with Crippen LogP contribution in [0.4, 0.5) is 5.69 Å². The zero-order chi connectivity index (χ0) is 14.5. The highest BCUT2D eigenvalue weighted by molar-refractivity contribution is 14.1. The molecule has 1 N–H and O–H groups in total. The smallest absolute Gasteiger partial charge is 0.231 e. The zero-order valence-electron chi connectivity index (χ0n) is 11.7. The monoisotopic (exact) mass is 379 g/mol. The van der Waals surface area contributed by atoms with Crippen LogP contribution in [0.3, 0.4) is 0 Å². The number of amides is 1. The SMILES string of the molecule is CC[C@@H](C(=O)Nc1ccc(I)cc1C)c1ccccc1. The molecule has 3 heteroatoms. The summed E-state index contributed by atoms with van der Waals surface area (Å²) in [5.41, 5.74) is 3.05. The number of hydrogen-bond donors (Lipinski definition) is 1. The van der Waals surface area contributed by atoms with Gasteiger partial charge in [0.2, 0.25) is 5.91 Å². The minimum Gasteiger partial charge on any atom is -0.325 e. The molecule has 104 valence electrons. The predicted molar refractivity (Wildman–Crippen MR) is 92.0 cm³/mol. The van der Waals surface area contributed by atoms with Crippen molar-refractivity contribution in [3.8, 4) is 0 Å². The molecule has 0 unspecified atom stereocenters. The summed E-state index contributed by atoms with van der Waals surface area (Å²) in [4.78, 5) is 12.5. The predicted octanol–water partition coefficient (Wildman–Crippen LogP) is 4.73. The van der Waals surface area contributed by atoms with Gasteiger partial charge in [-0.2, -0.15) is 0 Å². The molecule has 0 radical (unpaired) electrons. The van der Waals surface area contributed by atoms with Gasteiger partial charge in [-0.3, -0.25) is 4.79 Å². The summed E-state index contributed by atoms with van der Waals surface area (Å²) < 4.78 is 1.17. The van der Waals surface area contributed by atoms with Crippen molar-refractivity contribution in [1.82, 2.24) is 0 Å². The van der Waals surface area contributed by atoms with E-state index < -0.39 is 0 Å². The Balaban J connectivity index is 2.18. The number of halogens is 1. The first-order chi connectivity index (χ1) is 9.61. The first kappa shape index (κ1) is 15.0. The first-order valence-corrected chi connectivity index (χ1v) is 7.81. The summed E-state index contributed by atoms with van der Waals surface area (Å²) in [6.07, 6.45) is 0.791. The zero-order valence-corrected chi connectivity index (χ0v) is 13.8. The van der Waals surface area contributed by atoms with E-state index in [0.717, 1.165) is 23.2 Å². The Hall–Kier alpha value is -1.36. The molecule has 1 atom stereocenters. The molecule has 1 amide bonds. The molecular weight excluding hydrogens is 361 g/mol. The van der Waals surface area contributed by atoms with Gasteiger partial charge in [0.1, 0.15) is 0 Å². The molecular formula is C17H18INO. The van der Waals surface area contributed by atoms with Crippen molar-refractivity contribution in [3.05, 3.63) is 63.2 Å². The van der Waals surface area contributed by atoms with Crippen molar-refractivity contribution < 1.29 is 4.79 Å². The van der Waals surface area contributed by atoms with E-state index in [2.05, 4.69) is 34.0 Å². The van der Waals surface area contributed by atoms with Crippen LogP contribution in [0.1, 0.15) is 30.4 Å². The molecule has 0 spiro atoms. The third-order valence-electron chi connectivity index (χ3n) is 3.37. The third-order valence-corrected chi connectivity index (χ3v) is 4.04. The van der Waals surface area contributed by atoms with E-state index in [1.807, 2.05) is 56.3 Å². The molecule has 0 aliphatic rings. The topological polar surface area (TPSA) is 29.1 Å². The van der Waals surface area contributed by atoms with Crippen LogP contribution in [0.5, 0.6) is 0 Å². The van der Waals surface area contributed by atoms with Crippen LogP contribution in [-0.4, -0.2) is 5.91 Å². The molecule has 0 aliphatic heterocycles. The standard InChI is InChI=1S/C17H18INO/c1-3-15(13-7-5-4-6-8-13)17(20)19-16-10-9-14(18)11-12(16)2/h4-11,15H,3H2,1-2H3,(H,19,20)/t15-/m1/s1. The fraction of sp³-hybridized carbons (Fsp3) is 0.235. The van der Waals surface area contributed by atoms with Gasteiger partial charge in [-0.25, -0.2) is 0 Å². The quantitative estimate of drug-likeness (QED) is 0.765. The van der Waals surface area contributed by atoms with Crippen molar-refractivity contribution in [2.24, 2.45) is 0 Å². The Morgan fingerprint density at radius 2 is 1.90 bits per heavy atom. The Morgan fingerprint density at radius 1 is 1.20 bits per heavy atom. The molecule has 0 aromatic heterocycles. The minimum absolute atomic E-state index is 0.0583. The van der Waals surface area contributed by atoms with Crippen LogP contribution < -0.4 is 5.32 Å². The van der Waals surface area contributed by atoms with Crippen LogP contribution in [0, 0.1) is 10.5 Å². The number of anilines is 1. The molecule has 0 saturated heterocycles. The maximum atomic E-state index is 12.5. The summed E-state index contributed by atoms with van der Waals surface area (Å²) in [6, 6.07) is 16.0. The summed E-state index contributed by atoms with van der Waals surface area (Å²) >= 11 is 2.27. The lowest BCUT2D eigenvalue weighted by atomic mass is 9.95. The Kier molecular flexibility index (Phi) is 5.17. The lowest BCUT2D eigenvalue weighted by Crippen LogP contribution is -2.21. The van der Waals surface area contributed by atoms with Crippen LogP contribution in [0.25, 0.3) is 0 Å². The van der Waals surface area contributed by atoms with Crippen molar-refractivity contribution in [1.29, 1.82) is 0 Å². The Morgan fingerprint density at radius 3 is 2.50 bits per heavy atom. The summed E-state index contributed by atoms with van der Waals surface area (Å²) in [6.45, 7) is 4.05. The summed E-state index contributed by atoms with van der Waals surface area (Å²) in [5.74, 6) is -0.0436. The molecule has 2 rings (SSSR count). The minimum atomic E-state index is -0.102. The highest BCUT2D eigenvalue weighted by atomic mass is 127. The maximum Gasteiger partial charge on any atom is 0.231 e. The van der Waals surface area contributed by atoms with Crippen molar-refractivity contribution in [3.63, 3.8) is 0 Å². The number of carbonyl (C=O) groups is 1. The molecule has 0 bridgehead atoms. The third kappa shape index (κ3) is 3.60. The lowest BCUT2D eigenvalue weighted by Gasteiger charge is -2.16. The van der Waals surface area contributed by atoms with E-state index in [1.165, 1.54) is 3.57 Å². The van der Waals surface area contributed by atoms with Crippen LogP contribution in [0.15, 0.2) is 48.5 Å². The number of nitrogens with one attached hydrogen (secondary N) is 1. The molecule has 2 nitrogen and oxygen atoms in total. The van der Waals surface area contributed by atoms with Gasteiger partial charge in [0.15, 0.2) is 0 Å². The molecule has 0 aliphatic carbocycles. The van der Waals surface area contributed by atoms with E-state index in [9.17, 15) is 4.79 Å². The molecule has 0 fully saturated rings. The van der Waals surface area contributed by atoms with Gasteiger partial charge in [0.25, 0.3) is 0 Å². The average Bonchev–Trinajstić information content (AvgIpc) is 2.44. The van der Waals surface area contributed by atoms with E-state index in [4.69, 9.17) is 0 Å².